The van der Waals surface area contributed by atoms with E-state index < -0.39 is 0 Å². The maximum Gasteiger partial charge on any atom is 0.221 e. The molecule has 2 heteroatoms. The van der Waals surface area contributed by atoms with Crippen LogP contribution in [0.15, 0.2) is 0 Å². The minimum absolute atomic E-state index is 0.201. The van der Waals surface area contributed by atoms with Gasteiger partial charge in [-0.3, -0.25) is 4.79 Å². The van der Waals surface area contributed by atoms with Gasteiger partial charge >= 0.3 is 0 Å². The van der Waals surface area contributed by atoms with E-state index in [2.05, 4.69) is 5.32 Å². The first-order chi connectivity index (χ1) is 3.72. The normalized spacial score (nSPS) is 12.1. The molecular weight excluding hydrogens is 102 g/mol. The van der Waals surface area contributed by atoms with Crippen molar-refractivity contribution in [3.8, 4) is 12.3 Å². The Hall–Kier alpha value is -0.810. The van der Waals surface area contributed by atoms with Crippen molar-refractivity contribution >= 4 is 5.78 Å². The van der Waals surface area contributed by atoms with Gasteiger partial charge in [-0.15, -0.1) is 6.42 Å². The van der Waals surface area contributed by atoms with E-state index in [0.717, 1.165) is 0 Å². The van der Waals surface area contributed by atoms with Gasteiger partial charge in [0.15, 0.2) is 0 Å². The van der Waals surface area contributed by atoms with Crippen LogP contribution in [0.3, 0.4) is 0 Å². The molecule has 8 heavy (non-hydrogen) atoms. The number of nitrogens with one attached hydrogen (secondary N) is 1. The molecule has 0 radical (unpaired) electrons. The van der Waals surface area contributed by atoms with Gasteiger partial charge in [0, 0.05) is 0 Å². The Morgan fingerprint density at radius 1 is 1.88 bits per heavy atom. The smallest absolute Gasteiger partial charge is 0.221 e. The number of carbonyl (C=O) groups is 1. The molecule has 0 rings (SSSR count). The van der Waals surface area contributed by atoms with Crippen molar-refractivity contribution < 1.29 is 4.79 Å². The van der Waals surface area contributed by atoms with Crippen LogP contribution in [0.4, 0.5) is 0 Å². The van der Waals surface area contributed by atoms with Crippen LogP contribution in [-0.4, -0.2) is 18.9 Å². The molecule has 0 aliphatic heterocycles. The Kier molecular flexibility index (Phi) is 2.90. The van der Waals surface area contributed by atoms with Crippen molar-refractivity contribution in [3.05, 3.63) is 0 Å². The van der Waals surface area contributed by atoms with Gasteiger partial charge in [-0.1, -0.05) is 0 Å². The van der Waals surface area contributed by atoms with E-state index in [1.54, 1.807) is 14.0 Å². The first-order valence-corrected chi connectivity index (χ1v) is 2.40. The molecule has 0 bridgehead atoms. The topological polar surface area (TPSA) is 29.1 Å². The second-order valence-electron chi connectivity index (χ2n) is 1.52. The van der Waals surface area contributed by atoms with E-state index in [1.165, 1.54) is 0 Å². The van der Waals surface area contributed by atoms with Crippen molar-refractivity contribution in [1.82, 2.24) is 5.32 Å². The number of Topliss-reactive ketones (excluding diaryl/α,β-unsaturated/α-hetero) is 1. The molecule has 0 saturated carbocycles. The highest BCUT2D eigenvalue weighted by molar-refractivity contribution is 5.98. The van der Waals surface area contributed by atoms with Gasteiger partial charge in [-0.2, -0.15) is 0 Å². The van der Waals surface area contributed by atoms with Gasteiger partial charge in [0.05, 0.1) is 6.04 Å². The van der Waals surface area contributed by atoms with Gasteiger partial charge in [-0.25, -0.2) is 0 Å². The van der Waals surface area contributed by atoms with Gasteiger partial charge in [-0.05, 0) is 19.9 Å². The summed E-state index contributed by atoms with van der Waals surface area (Å²) >= 11 is 0. The number of likely N-dealkylation sites (N-methyl/N-ethyl adjacent to an activating group) is 1. The standard InChI is InChI=1S/C6H9NO/c1-4-6(8)5(2)7-3/h1,5,7H,2-3H3. The van der Waals surface area contributed by atoms with Gasteiger partial charge in [0.1, 0.15) is 0 Å². The average Bonchev–Trinajstić information content (AvgIpc) is 1.84. The number of hydrogen-bond donors (Lipinski definition) is 1. The number of hydrogen-bond acceptors (Lipinski definition) is 2. The average molecular weight is 111 g/mol. The largest absolute Gasteiger partial charge is 0.310 e. The summed E-state index contributed by atoms with van der Waals surface area (Å²) in [5.74, 6) is 1.81. The highest BCUT2D eigenvalue weighted by Gasteiger charge is 2.03. The number of carbonyl (C=O) groups excluding carboxylic acids is 1. The van der Waals surface area contributed by atoms with Crippen LogP contribution in [-0.2, 0) is 4.79 Å². The fraction of sp³-hybridized carbons (Fsp3) is 0.500. The van der Waals surface area contributed by atoms with Gasteiger partial charge in [0.25, 0.3) is 0 Å². The molecule has 0 aromatic rings. The zero-order valence-electron chi connectivity index (χ0n) is 5.06. The number of rotatable bonds is 2. The third-order valence-corrected chi connectivity index (χ3v) is 0.969. The van der Waals surface area contributed by atoms with Gasteiger partial charge in [0.2, 0.25) is 5.78 Å². The first kappa shape index (κ1) is 7.19. The zero-order valence-corrected chi connectivity index (χ0v) is 5.06. The maximum absolute atomic E-state index is 10.4. The van der Waals surface area contributed by atoms with Crippen LogP contribution in [0.5, 0.6) is 0 Å². The second kappa shape index (κ2) is 3.23. The first-order valence-electron chi connectivity index (χ1n) is 2.40. The summed E-state index contributed by atoms with van der Waals surface area (Å²) in [4.78, 5) is 10.4. The fourth-order valence-corrected chi connectivity index (χ4v) is 0.256. The lowest BCUT2D eigenvalue weighted by molar-refractivity contribution is -0.115. The lowest BCUT2D eigenvalue weighted by atomic mass is 10.2. The van der Waals surface area contributed by atoms with E-state index in [0.29, 0.717) is 0 Å². The second-order valence-corrected chi connectivity index (χ2v) is 1.52. The summed E-state index contributed by atoms with van der Waals surface area (Å²) in [5, 5.41) is 2.72. The number of ketones is 1. The lowest BCUT2D eigenvalue weighted by Gasteiger charge is -2.00. The molecule has 0 aliphatic rings. The minimum Gasteiger partial charge on any atom is -0.310 e. The van der Waals surface area contributed by atoms with Crippen molar-refractivity contribution in [2.75, 3.05) is 7.05 Å². The molecule has 0 fully saturated rings. The lowest BCUT2D eigenvalue weighted by Crippen LogP contribution is -2.29. The molecule has 44 valence electrons. The van der Waals surface area contributed by atoms with E-state index in [9.17, 15) is 4.79 Å². The van der Waals surface area contributed by atoms with Gasteiger partial charge < -0.3 is 5.32 Å². The molecule has 1 atom stereocenters. The third kappa shape index (κ3) is 1.76. The Labute approximate surface area is 49.3 Å². The van der Waals surface area contributed by atoms with Crippen LogP contribution in [0.25, 0.3) is 0 Å². The molecule has 0 amide bonds. The third-order valence-electron chi connectivity index (χ3n) is 0.969. The Morgan fingerprint density at radius 3 is 2.50 bits per heavy atom. The highest BCUT2D eigenvalue weighted by atomic mass is 16.1. The Bertz CT molecular complexity index is 123. The summed E-state index contributed by atoms with van der Waals surface area (Å²) < 4.78 is 0. The van der Waals surface area contributed by atoms with Crippen LogP contribution < -0.4 is 5.32 Å². The molecule has 0 spiro atoms. The predicted molar refractivity (Wildman–Crippen MR) is 32.4 cm³/mol. The van der Waals surface area contributed by atoms with Crippen molar-refractivity contribution in [1.29, 1.82) is 0 Å². The summed E-state index contributed by atoms with van der Waals surface area (Å²) in [5.41, 5.74) is 0. The molecule has 0 aromatic heterocycles. The van der Waals surface area contributed by atoms with E-state index >= 15 is 0 Å². The zero-order chi connectivity index (χ0) is 6.57. The fourth-order valence-electron chi connectivity index (χ4n) is 0.256. The van der Waals surface area contributed by atoms with Crippen molar-refractivity contribution in [2.45, 2.75) is 13.0 Å². The van der Waals surface area contributed by atoms with Crippen LogP contribution in [0, 0.1) is 12.3 Å². The van der Waals surface area contributed by atoms with E-state index in [-0.39, 0.29) is 11.8 Å². The quantitative estimate of drug-likeness (QED) is 0.395. The monoisotopic (exact) mass is 111 g/mol. The Morgan fingerprint density at radius 2 is 2.38 bits per heavy atom. The van der Waals surface area contributed by atoms with Crippen LogP contribution >= 0.6 is 0 Å². The molecule has 0 saturated heterocycles. The molecule has 2 nitrogen and oxygen atoms in total. The van der Waals surface area contributed by atoms with Crippen molar-refractivity contribution in [2.24, 2.45) is 0 Å². The predicted octanol–water partition coefficient (Wildman–Crippen LogP) is -0.203. The summed E-state index contributed by atoms with van der Waals surface area (Å²) in [7, 11) is 1.69. The molecule has 0 aromatic carbocycles. The minimum atomic E-state index is -0.208. The molecule has 1 N–H and O–H groups in total. The van der Waals surface area contributed by atoms with E-state index in [4.69, 9.17) is 6.42 Å². The van der Waals surface area contributed by atoms with Crippen molar-refractivity contribution in [3.63, 3.8) is 0 Å². The molecule has 0 aliphatic carbocycles. The number of terminal acetylenes is 1. The SMILES string of the molecule is C#CC(=O)C(C)NC. The molecule has 0 heterocycles. The molecular formula is C6H9NO. The van der Waals surface area contributed by atoms with Crippen LogP contribution in [0.1, 0.15) is 6.92 Å². The summed E-state index contributed by atoms with van der Waals surface area (Å²) in [6, 6.07) is -0.208. The Balaban J connectivity index is 3.68. The molecule has 1 unspecified atom stereocenters. The summed E-state index contributed by atoms with van der Waals surface area (Å²) in [6.45, 7) is 1.72. The highest BCUT2D eigenvalue weighted by Crippen LogP contribution is 1.78. The maximum atomic E-state index is 10.4. The van der Waals surface area contributed by atoms with Crippen LogP contribution in [0.2, 0.25) is 0 Å². The summed E-state index contributed by atoms with van der Waals surface area (Å²) in [6.07, 6.45) is 4.81. The van der Waals surface area contributed by atoms with E-state index in [1.807, 2.05) is 5.92 Å².